The number of carbonyl (C=O) groups is 1. The van der Waals surface area contributed by atoms with Gasteiger partial charge >= 0.3 is 5.97 Å². The molecule has 1 N–H and O–H groups in total. The van der Waals surface area contributed by atoms with Crippen LogP contribution in [-0.2, 0) is 17.8 Å². The molecule has 0 radical (unpaired) electrons. The van der Waals surface area contributed by atoms with Crippen LogP contribution in [0.5, 0.6) is 0 Å². The van der Waals surface area contributed by atoms with E-state index in [0.717, 1.165) is 37.5 Å². The lowest BCUT2D eigenvalue weighted by Gasteiger charge is -2.25. The maximum Gasteiger partial charge on any atom is 0.303 e. The summed E-state index contributed by atoms with van der Waals surface area (Å²) in [5, 5.41) is 9.71. The van der Waals surface area contributed by atoms with E-state index in [1.54, 1.807) is 11.3 Å². The number of carboxylic acid groups (broad SMARTS) is 1. The summed E-state index contributed by atoms with van der Waals surface area (Å²) in [6.45, 7) is 4.87. The second-order valence-electron chi connectivity index (χ2n) is 4.13. The number of nitrogens with zero attached hydrogens (tertiary/aromatic N) is 2. The van der Waals surface area contributed by atoms with Crippen LogP contribution in [-0.4, -0.2) is 34.0 Å². The molecule has 0 fully saturated rings. The SMILES string of the molecule is Cc1nc2c(s1)CN(CCCC(=O)O)CC2. The minimum Gasteiger partial charge on any atom is -0.481 e. The van der Waals surface area contributed by atoms with Crippen LogP contribution in [0.1, 0.15) is 28.4 Å². The van der Waals surface area contributed by atoms with Crippen molar-refractivity contribution in [3.8, 4) is 0 Å². The molecule has 0 amide bonds. The summed E-state index contributed by atoms with van der Waals surface area (Å²) in [6.07, 6.45) is 2.01. The highest BCUT2D eigenvalue weighted by atomic mass is 32.1. The van der Waals surface area contributed by atoms with Crippen molar-refractivity contribution < 1.29 is 9.90 Å². The van der Waals surface area contributed by atoms with Crippen molar-refractivity contribution in [3.63, 3.8) is 0 Å². The van der Waals surface area contributed by atoms with Crippen molar-refractivity contribution in [1.29, 1.82) is 0 Å². The van der Waals surface area contributed by atoms with E-state index in [1.165, 1.54) is 10.6 Å². The second kappa shape index (κ2) is 4.93. The minimum absolute atomic E-state index is 0.269. The van der Waals surface area contributed by atoms with Gasteiger partial charge in [-0.25, -0.2) is 4.98 Å². The molecular formula is C11H16N2O2S. The number of aromatic nitrogens is 1. The van der Waals surface area contributed by atoms with Gasteiger partial charge in [-0.3, -0.25) is 9.69 Å². The number of rotatable bonds is 4. The summed E-state index contributed by atoms with van der Waals surface area (Å²) in [6, 6.07) is 0. The third kappa shape index (κ3) is 2.80. The molecule has 0 aromatic carbocycles. The van der Waals surface area contributed by atoms with Crippen LogP contribution in [0.15, 0.2) is 0 Å². The zero-order chi connectivity index (χ0) is 11.5. The molecule has 0 saturated carbocycles. The quantitative estimate of drug-likeness (QED) is 0.870. The van der Waals surface area contributed by atoms with Gasteiger partial charge in [0.25, 0.3) is 0 Å². The highest BCUT2D eigenvalue weighted by Gasteiger charge is 2.19. The number of aliphatic carboxylic acids is 1. The Morgan fingerprint density at radius 1 is 1.62 bits per heavy atom. The molecule has 1 aliphatic rings. The molecule has 0 spiro atoms. The molecule has 1 aromatic rings. The average molecular weight is 240 g/mol. The third-order valence-corrected chi connectivity index (χ3v) is 3.78. The van der Waals surface area contributed by atoms with Gasteiger partial charge in [0.05, 0.1) is 10.7 Å². The van der Waals surface area contributed by atoms with Gasteiger partial charge in [-0.1, -0.05) is 0 Å². The fourth-order valence-corrected chi connectivity index (χ4v) is 3.05. The zero-order valence-corrected chi connectivity index (χ0v) is 10.2. The summed E-state index contributed by atoms with van der Waals surface area (Å²) in [4.78, 5) is 18.6. The van der Waals surface area contributed by atoms with Crippen molar-refractivity contribution in [2.75, 3.05) is 13.1 Å². The van der Waals surface area contributed by atoms with Gasteiger partial charge in [0, 0.05) is 30.8 Å². The maximum atomic E-state index is 10.4. The molecule has 1 aliphatic heterocycles. The number of fused-ring (bicyclic) bond motifs is 1. The zero-order valence-electron chi connectivity index (χ0n) is 9.40. The van der Waals surface area contributed by atoms with Gasteiger partial charge in [-0.15, -0.1) is 11.3 Å². The van der Waals surface area contributed by atoms with Gasteiger partial charge in [0.1, 0.15) is 0 Å². The van der Waals surface area contributed by atoms with E-state index >= 15 is 0 Å². The summed E-state index contributed by atoms with van der Waals surface area (Å²) < 4.78 is 0. The number of hydrogen-bond donors (Lipinski definition) is 1. The van der Waals surface area contributed by atoms with E-state index in [2.05, 4.69) is 9.88 Å². The largest absolute Gasteiger partial charge is 0.481 e. The first-order chi connectivity index (χ1) is 7.65. The normalized spacial score (nSPS) is 16.1. The fourth-order valence-electron chi connectivity index (χ4n) is 2.02. The Labute approximate surface area is 98.9 Å². The van der Waals surface area contributed by atoms with Crippen LogP contribution < -0.4 is 0 Å². The van der Waals surface area contributed by atoms with E-state index in [4.69, 9.17) is 5.11 Å². The van der Waals surface area contributed by atoms with Gasteiger partial charge in [0.2, 0.25) is 0 Å². The van der Waals surface area contributed by atoms with Gasteiger partial charge in [-0.05, 0) is 19.9 Å². The van der Waals surface area contributed by atoms with Crippen molar-refractivity contribution in [3.05, 3.63) is 15.6 Å². The maximum absolute atomic E-state index is 10.4. The highest BCUT2D eigenvalue weighted by molar-refractivity contribution is 7.11. The lowest BCUT2D eigenvalue weighted by atomic mass is 10.1. The molecule has 4 nitrogen and oxygen atoms in total. The Morgan fingerprint density at radius 2 is 2.44 bits per heavy atom. The summed E-state index contributed by atoms with van der Waals surface area (Å²) in [5.41, 5.74) is 1.25. The van der Waals surface area contributed by atoms with E-state index in [1.807, 2.05) is 6.92 Å². The topological polar surface area (TPSA) is 53.4 Å². The number of thiazole rings is 1. The Bertz CT molecular complexity index is 389. The van der Waals surface area contributed by atoms with E-state index in [0.29, 0.717) is 0 Å². The van der Waals surface area contributed by atoms with Crippen molar-refractivity contribution in [2.24, 2.45) is 0 Å². The van der Waals surface area contributed by atoms with Crippen LogP contribution in [0.2, 0.25) is 0 Å². The van der Waals surface area contributed by atoms with Crippen LogP contribution in [0, 0.1) is 6.92 Å². The lowest BCUT2D eigenvalue weighted by molar-refractivity contribution is -0.137. The number of hydrogen-bond acceptors (Lipinski definition) is 4. The van der Waals surface area contributed by atoms with Gasteiger partial charge in [-0.2, -0.15) is 0 Å². The van der Waals surface area contributed by atoms with Gasteiger partial charge < -0.3 is 5.11 Å². The molecule has 0 atom stereocenters. The monoisotopic (exact) mass is 240 g/mol. The number of aryl methyl sites for hydroxylation is 1. The second-order valence-corrected chi connectivity index (χ2v) is 5.41. The third-order valence-electron chi connectivity index (χ3n) is 2.78. The van der Waals surface area contributed by atoms with Crippen molar-refractivity contribution in [2.45, 2.75) is 32.7 Å². The van der Waals surface area contributed by atoms with Gasteiger partial charge in [0.15, 0.2) is 0 Å². The summed E-state index contributed by atoms with van der Waals surface area (Å²) in [5.74, 6) is -0.702. The Kier molecular flexibility index (Phi) is 3.56. The van der Waals surface area contributed by atoms with Crippen LogP contribution >= 0.6 is 11.3 Å². The van der Waals surface area contributed by atoms with E-state index < -0.39 is 5.97 Å². The number of carboxylic acids is 1. The van der Waals surface area contributed by atoms with Crippen LogP contribution in [0.25, 0.3) is 0 Å². The molecule has 88 valence electrons. The predicted octanol–water partition coefficient (Wildman–Crippen LogP) is 1.67. The van der Waals surface area contributed by atoms with E-state index in [9.17, 15) is 4.79 Å². The van der Waals surface area contributed by atoms with Crippen molar-refractivity contribution in [1.82, 2.24) is 9.88 Å². The first kappa shape index (κ1) is 11.5. The summed E-state index contributed by atoms with van der Waals surface area (Å²) in [7, 11) is 0. The molecule has 2 rings (SSSR count). The Balaban J connectivity index is 1.85. The van der Waals surface area contributed by atoms with Crippen molar-refractivity contribution >= 4 is 17.3 Å². The molecule has 5 heteroatoms. The fraction of sp³-hybridized carbons (Fsp3) is 0.636. The molecule has 0 unspecified atom stereocenters. The Morgan fingerprint density at radius 3 is 3.19 bits per heavy atom. The molecule has 0 saturated heterocycles. The summed E-state index contributed by atoms with van der Waals surface area (Å²) >= 11 is 1.76. The highest BCUT2D eigenvalue weighted by Crippen LogP contribution is 2.24. The molecule has 0 bridgehead atoms. The predicted molar refractivity (Wildman–Crippen MR) is 62.7 cm³/mol. The first-order valence-electron chi connectivity index (χ1n) is 5.54. The molecule has 0 aliphatic carbocycles. The van der Waals surface area contributed by atoms with Crippen LogP contribution in [0.3, 0.4) is 0 Å². The minimum atomic E-state index is -0.702. The van der Waals surface area contributed by atoms with E-state index in [-0.39, 0.29) is 6.42 Å². The molecule has 2 heterocycles. The average Bonchev–Trinajstić information content (AvgIpc) is 2.56. The molecular weight excluding hydrogens is 224 g/mol. The Hall–Kier alpha value is -0.940. The smallest absolute Gasteiger partial charge is 0.303 e. The van der Waals surface area contributed by atoms with Crippen LogP contribution in [0.4, 0.5) is 0 Å². The lowest BCUT2D eigenvalue weighted by Crippen LogP contribution is -2.31. The first-order valence-corrected chi connectivity index (χ1v) is 6.36. The standard InChI is InChI=1S/C11H16N2O2S/c1-8-12-9-4-6-13(7-10(9)16-8)5-2-3-11(14)15/h2-7H2,1H3,(H,14,15). The molecule has 16 heavy (non-hydrogen) atoms. The molecule has 1 aromatic heterocycles.